The third-order valence-corrected chi connectivity index (χ3v) is 3.13. The first kappa shape index (κ1) is 13.0. The molecule has 0 unspecified atom stereocenters. The van der Waals surface area contributed by atoms with Crippen molar-refractivity contribution in [1.82, 2.24) is 15.0 Å². The molecule has 0 amide bonds. The number of methoxy groups -OCH3 is 1. The number of hydrogen-bond acceptors (Lipinski definition) is 4. The van der Waals surface area contributed by atoms with Crippen molar-refractivity contribution in [3.05, 3.63) is 40.2 Å². The molecule has 0 aliphatic rings. The minimum atomic E-state index is 0.332. The molecule has 2 N–H and O–H groups in total. The summed E-state index contributed by atoms with van der Waals surface area (Å²) in [4.78, 5) is 0. The van der Waals surface area contributed by atoms with Crippen molar-refractivity contribution in [2.24, 2.45) is 5.73 Å². The van der Waals surface area contributed by atoms with Gasteiger partial charge in [0, 0.05) is 18.7 Å². The maximum Gasteiger partial charge on any atom is 0.102 e. The van der Waals surface area contributed by atoms with Crippen LogP contribution in [0.1, 0.15) is 17.0 Å². The highest BCUT2D eigenvalue weighted by Gasteiger charge is 2.13. The van der Waals surface area contributed by atoms with Crippen molar-refractivity contribution >= 4 is 11.6 Å². The number of ether oxygens (including phenoxy) is 1. The van der Waals surface area contributed by atoms with E-state index < -0.39 is 0 Å². The number of benzene rings is 1. The summed E-state index contributed by atoms with van der Waals surface area (Å²) in [5.41, 5.74) is 9.08. The molecule has 0 saturated carbocycles. The summed E-state index contributed by atoms with van der Waals surface area (Å²) in [6, 6.07) is 5.73. The standard InChI is InChI=1S/C12H15ClN4O/c1-8-3-4-9(5-10(8)13)17-12(7-18-2)11(6-14)15-16-17/h3-5H,6-7,14H2,1-2H3. The predicted octanol–water partition coefficient (Wildman–Crippen LogP) is 1.83. The lowest BCUT2D eigenvalue weighted by atomic mass is 10.2. The van der Waals surface area contributed by atoms with E-state index in [2.05, 4.69) is 10.3 Å². The van der Waals surface area contributed by atoms with E-state index in [4.69, 9.17) is 22.1 Å². The van der Waals surface area contributed by atoms with Gasteiger partial charge in [-0.3, -0.25) is 0 Å². The van der Waals surface area contributed by atoms with E-state index in [0.717, 1.165) is 22.6 Å². The van der Waals surface area contributed by atoms with Crippen LogP contribution in [0.4, 0.5) is 0 Å². The lowest BCUT2D eigenvalue weighted by Crippen LogP contribution is -2.07. The molecule has 1 aromatic carbocycles. The van der Waals surface area contributed by atoms with Gasteiger partial charge in [0.1, 0.15) is 5.69 Å². The Labute approximate surface area is 111 Å². The van der Waals surface area contributed by atoms with Crippen LogP contribution in [0.3, 0.4) is 0 Å². The summed E-state index contributed by atoms with van der Waals surface area (Å²) in [6.07, 6.45) is 0. The highest BCUT2D eigenvalue weighted by molar-refractivity contribution is 6.31. The highest BCUT2D eigenvalue weighted by Crippen LogP contribution is 2.21. The van der Waals surface area contributed by atoms with E-state index in [-0.39, 0.29) is 0 Å². The summed E-state index contributed by atoms with van der Waals surface area (Å²) < 4.78 is 6.86. The Balaban J connectivity index is 2.49. The largest absolute Gasteiger partial charge is 0.378 e. The van der Waals surface area contributed by atoms with Gasteiger partial charge in [0.25, 0.3) is 0 Å². The minimum Gasteiger partial charge on any atom is -0.378 e. The van der Waals surface area contributed by atoms with Crippen molar-refractivity contribution in [1.29, 1.82) is 0 Å². The second kappa shape index (κ2) is 5.48. The fourth-order valence-electron chi connectivity index (χ4n) is 1.69. The van der Waals surface area contributed by atoms with E-state index in [0.29, 0.717) is 18.2 Å². The molecule has 0 saturated heterocycles. The van der Waals surface area contributed by atoms with Gasteiger partial charge in [0.05, 0.1) is 18.0 Å². The van der Waals surface area contributed by atoms with Crippen LogP contribution >= 0.6 is 11.6 Å². The zero-order valence-electron chi connectivity index (χ0n) is 10.4. The first-order chi connectivity index (χ1) is 8.67. The van der Waals surface area contributed by atoms with Gasteiger partial charge in [-0.25, -0.2) is 4.68 Å². The molecule has 0 radical (unpaired) electrons. The van der Waals surface area contributed by atoms with Gasteiger partial charge < -0.3 is 10.5 Å². The highest BCUT2D eigenvalue weighted by atomic mass is 35.5. The normalized spacial score (nSPS) is 10.9. The van der Waals surface area contributed by atoms with Gasteiger partial charge in [-0.1, -0.05) is 22.9 Å². The van der Waals surface area contributed by atoms with Crippen molar-refractivity contribution < 1.29 is 4.74 Å². The van der Waals surface area contributed by atoms with Crippen LogP contribution < -0.4 is 5.73 Å². The van der Waals surface area contributed by atoms with Gasteiger partial charge in [-0.05, 0) is 24.6 Å². The van der Waals surface area contributed by atoms with E-state index in [1.165, 1.54) is 0 Å². The van der Waals surface area contributed by atoms with Crippen molar-refractivity contribution in [3.63, 3.8) is 0 Å². The minimum absolute atomic E-state index is 0.332. The molecule has 0 spiro atoms. The molecule has 0 fully saturated rings. The fourth-order valence-corrected chi connectivity index (χ4v) is 1.87. The van der Waals surface area contributed by atoms with Gasteiger partial charge in [-0.2, -0.15) is 0 Å². The summed E-state index contributed by atoms with van der Waals surface area (Å²) in [7, 11) is 1.62. The van der Waals surface area contributed by atoms with Crippen LogP contribution in [0.15, 0.2) is 18.2 Å². The second-order valence-corrected chi connectivity index (χ2v) is 4.37. The predicted molar refractivity (Wildman–Crippen MR) is 69.7 cm³/mol. The number of aromatic nitrogens is 3. The van der Waals surface area contributed by atoms with E-state index >= 15 is 0 Å². The SMILES string of the molecule is COCc1c(CN)nnn1-c1ccc(C)c(Cl)c1. The van der Waals surface area contributed by atoms with Crippen LogP contribution in [0.2, 0.25) is 5.02 Å². The number of aryl methyl sites for hydroxylation is 1. The molecular weight excluding hydrogens is 252 g/mol. The Morgan fingerprint density at radius 3 is 2.83 bits per heavy atom. The first-order valence-electron chi connectivity index (χ1n) is 5.56. The number of hydrogen-bond donors (Lipinski definition) is 1. The Morgan fingerprint density at radius 2 is 2.22 bits per heavy atom. The third kappa shape index (κ3) is 2.38. The van der Waals surface area contributed by atoms with Crippen LogP contribution in [-0.4, -0.2) is 22.1 Å². The van der Waals surface area contributed by atoms with Crippen molar-refractivity contribution in [2.45, 2.75) is 20.1 Å². The Hall–Kier alpha value is -1.43. The van der Waals surface area contributed by atoms with Gasteiger partial charge in [0.2, 0.25) is 0 Å². The Kier molecular flexibility index (Phi) is 3.96. The zero-order valence-corrected chi connectivity index (χ0v) is 11.1. The van der Waals surface area contributed by atoms with E-state index in [1.807, 2.05) is 25.1 Å². The number of nitrogens with zero attached hydrogens (tertiary/aromatic N) is 3. The number of nitrogens with two attached hydrogens (primary N) is 1. The quantitative estimate of drug-likeness (QED) is 0.917. The molecule has 2 aromatic rings. The van der Waals surface area contributed by atoms with Crippen molar-refractivity contribution in [2.75, 3.05) is 7.11 Å². The molecule has 5 nitrogen and oxygen atoms in total. The molecule has 2 rings (SSSR count). The topological polar surface area (TPSA) is 66.0 Å². The molecule has 0 bridgehead atoms. The summed E-state index contributed by atoms with van der Waals surface area (Å²) >= 11 is 6.12. The Bertz CT molecular complexity index is 553. The smallest absolute Gasteiger partial charge is 0.102 e. The Morgan fingerprint density at radius 1 is 1.44 bits per heavy atom. The molecule has 0 aliphatic heterocycles. The fraction of sp³-hybridized carbons (Fsp3) is 0.333. The molecule has 0 aliphatic carbocycles. The lowest BCUT2D eigenvalue weighted by molar-refractivity contribution is 0.178. The monoisotopic (exact) mass is 266 g/mol. The van der Waals surface area contributed by atoms with Gasteiger partial charge in [-0.15, -0.1) is 5.10 Å². The van der Waals surface area contributed by atoms with Crippen LogP contribution in [-0.2, 0) is 17.9 Å². The van der Waals surface area contributed by atoms with Crippen LogP contribution in [0, 0.1) is 6.92 Å². The number of halogens is 1. The molecule has 1 heterocycles. The molecule has 6 heteroatoms. The second-order valence-electron chi connectivity index (χ2n) is 3.97. The lowest BCUT2D eigenvalue weighted by Gasteiger charge is -2.08. The van der Waals surface area contributed by atoms with E-state index in [9.17, 15) is 0 Å². The zero-order chi connectivity index (χ0) is 13.1. The third-order valence-electron chi connectivity index (χ3n) is 2.72. The molecule has 96 valence electrons. The van der Waals surface area contributed by atoms with Gasteiger partial charge >= 0.3 is 0 Å². The first-order valence-corrected chi connectivity index (χ1v) is 5.94. The average molecular weight is 267 g/mol. The molecule has 1 aromatic heterocycles. The summed E-state index contributed by atoms with van der Waals surface area (Å²) in [6.45, 7) is 2.69. The van der Waals surface area contributed by atoms with Crippen LogP contribution in [0.25, 0.3) is 5.69 Å². The van der Waals surface area contributed by atoms with Crippen LogP contribution in [0.5, 0.6) is 0 Å². The summed E-state index contributed by atoms with van der Waals surface area (Å²) in [5.74, 6) is 0. The average Bonchev–Trinajstić information content (AvgIpc) is 2.76. The van der Waals surface area contributed by atoms with Crippen molar-refractivity contribution in [3.8, 4) is 5.69 Å². The van der Waals surface area contributed by atoms with Gasteiger partial charge in [0.15, 0.2) is 0 Å². The summed E-state index contributed by atoms with van der Waals surface area (Å²) in [5, 5.41) is 8.84. The maximum absolute atomic E-state index is 6.12. The van der Waals surface area contributed by atoms with E-state index in [1.54, 1.807) is 11.8 Å². The molecule has 0 atom stereocenters. The molecule has 18 heavy (non-hydrogen) atoms. The number of rotatable bonds is 4. The molecular formula is C12H15ClN4O. The maximum atomic E-state index is 6.12.